The molecule has 0 aliphatic rings. The lowest BCUT2D eigenvalue weighted by atomic mass is 9.84. The van der Waals surface area contributed by atoms with Gasteiger partial charge in [0.05, 0.1) is 11.5 Å². The van der Waals surface area contributed by atoms with E-state index in [1.807, 2.05) is 13.8 Å². The molecule has 0 spiro atoms. The summed E-state index contributed by atoms with van der Waals surface area (Å²) in [6, 6.07) is 8.14. The van der Waals surface area contributed by atoms with Gasteiger partial charge < -0.3 is 15.2 Å². The number of hydrogen-bond donors (Lipinski definition) is 2. The van der Waals surface area contributed by atoms with Gasteiger partial charge in [0, 0.05) is 18.0 Å². The molecule has 0 fully saturated rings. The molecule has 2 rings (SSSR count). The second-order valence-corrected chi connectivity index (χ2v) is 7.49. The third kappa shape index (κ3) is 5.87. The molecule has 0 unspecified atom stereocenters. The van der Waals surface area contributed by atoms with Crippen LogP contribution >= 0.6 is 11.8 Å². The van der Waals surface area contributed by atoms with Crippen molar-refractivity contribution < 1.29 is 18.5 Å². The van der Waals surface area contributed by atoms with Gasteiger partial charge in [-0.2, -0.15) is 0 Å². The Labute approximate surface area is 155 Å². The van der Waals surface area contributed by atoms with Gasteiger partial charge in [-0.05, 0) is 18.6 Å². The van der Waals surface area contributed by atoms with Gasteiger partial charge in [0.25, 0.3) is 0 Å². The van der Waals surface area contributed by atoms with Crippen molar-refractivity contribution in [3.8, 4) is 0 Å². The van der Waals surface area contributed by atoms with Crippen molar-refractivity contribution in [2.24, 2.45) is 0 Å². The highest BCUT2D eigenvalue weighted by Crippen LogP contribution is 2.24. The predicted octanol–water partition coefficient (Wildman–Crippen LogP) is 2.89. The normalized spacial score (nSPS) is 11.2. The van der Waals surface area contributed by atoms with Crippen molar-refractivity contribution in [3.63, 3.8) is 0 Å². The highest BCUT2D eigenvalue weighted by Gasteiger charge is 2.24. The molecule has 1 heterocycles. The number of anilines is 1. The Balaban J connectivity index is 1.71. The highest BCUT2D eigenvalue weighted by molar-refractivity contribution is 8.00. The number of nitrogens with one attached hydrogen (secondary N) is 2. The number of carbonyl (C=O) groups excluding carboxylic acids is 2. The van der Waals surface area contributed by atoms with Crippen LogP contribution in [0, 0.1) is 12.7 Å². The average Bonchev–Trinajstić information content (AvgIpc) is 2.98. The topological polar surface area (TPSA) is 84.2 Å². The van der Waals surface area contributed by atoms with Crippen LogP contribution in [0.15, 0.2) is 34.9 Å². The number of amides is 2. The van der Waals surface area contributed by atoms with Gasteiger partial charge in [0.1, 0.15) is 11.6 Å². The molecule has 0 saturated heterocycles. The molecular weight excluding hydrogens is 357 g/mol. The van der Waals surface area contributed by atoms with Gasteiger partial charge in [-0.1, -0.05) is 37.2 Å². The highest BCUT2D eigenvalue weighted by atomic mass is 32.2. The van der Waals surface area contributed by atoms with Crippen LogP contribution in [0.25, 0.3) is 0 Å². The monoisotopic (exact) mass is 379 g/mol. The quantitative estimate of drug-likeness (QED) is 0.737. The minimum atomic E-state index is -0.534. The first-order valence-corrected chi connectivity index (χ1v) is 9.26. The van der Waals surface area contributed by atoms with E-state index in [2.05, 4.69) is 15.8 Å². The van der Waals surface area contributed by atoms with Crippen LogP contribution in [-0.4, -0.2) is 35.0 Å². The van der Waals surface area contributed by atoms with Gasteiger partial charge in [-0.25, -0.2) is 4.39 Å². The Morgan fingerprint density at radius 2 is 1.92 bits per heavy atom. The first kappa shape index (κ1) is 20.0. The smallest absolute Gasteiger partial charge is 0.235 e. The first-order chi connectivity index (χ1) is 12.3. The predicted molar refractivity (Wildman–Crippen MR) is 99.6 cm³/mol. The SMILES string of the molecule is Cc1cc(NC(=O)CSCC(=O)NCC(C)(C)c2ccccc2F)no1. The van der Waals surface area contributed by atoms with Crippen LogP contribution in [-0.2, 0) is 15.0 Å². The van der Waals surface area contributed by atoms with Crippen LogP contribution in [0.5, 0.6) is 0 Å². The van der Waals surface area contributed by atoms with Crippen molar-refractivity contribution in [2.45, 2.75) is 26.2 Å². The van der Waals surface area contributed by atoms with Crippen molar-refractivity contribution in [3.05, 3.63) is 47.5 Å². The largest absolute Gasteiger partial charge is 0.360 e. The third-order valence-electron chi connectivity index (χ3n) is 3.69. The molecule has 0 atom stereocenters. The molecule has 26 heavy (non-hydrogen) atoms. The summed E-state index contributed by atoms with van der Waals surface area (Å²) in [5, 5.41) is 9.04. The van der Waals surface area contributed by atoms with E-state index in [4.69, 9.17) is 4.52 Å². The molecule has 2 aromatic rings. The van der Waals surface area contributed by atoms with Gasteiger partial charge in [0.2, 0.25) is 11.8 Å². The molecule has 2 N–H and O–H groups in total. The van der Waals surface area contributed by atoms with Crippen LogP contribution in [0.2, 0.25) is 0 Å². The van der Waals surface area contributed by atoms with E-state index in [9.17, 15) is 14.0 Å². The van der Waals surface area contributed by atoms with E-state index in [0.29, 0.717) is 23.7 Å². The molecule has 0 saturated carbocycles. The van der Waals surface area contributed by atoms with Crippen molar-refractivity contribution >= 4 is 29.4 Å². The summed E-state index contributed by atoms with van der Waals surface area (Å²) in [6.45, 7) is 5.76. The fraction of sp³-hybridized carbons (Fsp3) is 0.389. The lowest BCUT2D eigenvalue weighted by Crippen LogP contribution is -2.38. The minimum absolute atomic E-state index is 0.121. The second kappa shape index (κ2) is 8.84. The van der Waals surface area contributed by atoms with Crippen LogP contribution in [0.4, 0.5) is 10.2 Å². The maximum absolute atomic E-state index is 13.9. The van der Waals surface area contributed by atoms with Crippen LogP contribution in [0.1, 0.15) is 25.2 Å². The zero-order chi connectivity index (χ0) is 19.2. The summed E-state index contributed by atoms with van der Waals surface area (Å²) in [6.07, 6.45) is 0. The van der Waals surface area contributed by atoms with Gasteiger partial charge in [0.15, 0.2) is 5.82 Å². The number of aromatic nitrogens is 1. The summed E-state index contributed by atoms with van der Waals surface area (Å²) in [7, 11) is 0. The maximum atomic E-state index is 13.9. The molecule has 1 aromatic heterocycles. The van der Waals surface area contributed by atoms with Crippen LogP contribution < -0.4 is 10.6 Å². The van der Waals surface area contributed by atoms with Gasteiger partial charge >= 0.3 is 0 Å². The number of carbonyl (C=O) groups is 2. The Morgan fingerprint density at radius 1 is 1.23 bits per heavy atom. The number of thioether (sulfide) groups is 1. The zero-order valence-electron chi connectivity index (χ0n) is 15.0. The number of hydrogen-bond acceptors (Lipinski definition) is 5. The molecule has 8 heteroatoms. The molecule has 2 amide bonds. The lowest BCUT2D eigenvalue weighted by Gasteiger charge is -2.26. The molecule has 1 aromatic carbocycles. The Hall–Kier alpha value is -2.35. The van der Waals surface area contributed by atoms with E-state index >= 15 is 0 Å². The summed E-state index contributed by atoms with van der Waals surface area (Å²) in [5.74, 6) is 0.455. The van der Waals surface area contributed by atoms with E-state index in [0.717, 1.165) is 0 Å². The minimum Gasteiger partial charge on any atom is -0.360 e. The van der Waals surface area contributed by atoms with E-state index < -0.39 is 5.41 Å². The van der Waals surface area contributed by atoms with Crippen molar-refractivity contribution in [1.29, 1.82) is 0 Å². The maximum Gasteiger partial charge on any atom is 0.235 e. The second-order valence-electron chi connectivity index (χ2n) is 6.50. The summed E-state index contributed by atoms with van der Waals surface area (Å²) < 4.78 is 18.8. The molecule has 0 aliphatic carbocycles. The Bertz CT molecular complexity index is 777. The van der Waals surface area contributed by atoms with E-state index in [1.165, 1.54) is 17.8 Å². The summed E-state index contributed by atoms with van der Waals surface area (Å²) in [5.41, 5.74) is 0.0173. The summed E-state index contributed by atoms with van der Waals surface area (Å²) >= 11 is 1.19. The lowest BCUT2D eigenvalue weighted by molar-refractivity contribution is -0.118. The van der Waals surface area contributed by atoms with Crippen molar-refractivity contribution in [1.82, 2.24) is 10.5 Å². The fourth-order valence-corrected chi connectivity index (χ4v) is 2.96. The molecule has 0 aliphatic heterocycles. The Morgan fingerprint density at radius 3 is 2.58 bits per heavy atom. The fourth-order valence-electron chi connectivity index (χ4n) is 2.32. The summed E-state index contributed by atoms with van der Waals surface area (Å²) in [4.78, 5) is 23.7. The number of aryl methyl sites for hydroxylation is 1. The molecule has 140 valence electrons. The molecule has 0 radical (unpaired) electrons. The molecule has 0 bridgehead atoms. The number of halogens is 1. The van der Waals surface area contributed by atoms with Crippen molar-refractivity contribution in [2.75, 3.05) is 23.4 Å². The standard InChI is InChI=1S/C18H22FN3O3S/c1-12-8-15(22-25-12)21-17(24)10-26-9-16(23)20-11-18(2,3)13-6-4-5-7-14(13)19/h4-8H,9-11H2,1-3H3,(H,20,23)(H,21,22,24). The number of rotatable bonds is 8. The van der Waals surface area contributed by atoms with Gasteiger partial charge in [-0.15, -0.1) is 11.8 Å². The zero-order valence-corrected chi connectivity index (χ0v) is 15.8. The van der Waals surface area contributed by atoms with Crippen LogP contribution in [0.3, 0.4) is 0 Å². The molecule has 6 nitrogen and oxygen atoms in total. The average molecular weight is 379 g/mol. The number of benzene rings is 1. The first-order valence-electron chi connectivity index (χ1n) is 8.10. The van der Waals surface area contributed by atoms with Gasteiger partial charge in [-0.3, -0.25) is 9.59 Å². The molecular formula is C18H22FN3O3S. The number of nitrogens with zero attached hydrogens (tertiary/aromatic N) is 1. The third-order valence-corrected chi connectivity index (χ3v) is 4.62. The van der Waals surface area contributed by atoms with E-state index in [1.54, 1.807) is 31.2 Å². The van der Waals surface area contributed by atoms with E-state index in [-0.39, 0.29) is 29.1 Å². The Kier molecular flexibility index (Phi) is 6.79.